The highest BCUT2D eigenvalue weighted by Gasteiger charge is 2.31. The van der Waals surface area contributed by atoms with Gasteiger partial charge in [-0.1, -0.05) is 6.92 Å². The highest BCUT2D eigenvalue weighted by molar-refractivity contribution is 7.09. The number of aromatic nitrogens is 1. The first-order valence-corrected chi connectivity index (χ1v) is 8.25. The number of aryl methyl sites for hydroxylation is 2. The topological polar surface area (TPSA) is 70.5 Å². The first-order chi connectivity index (χ1) is 9.95. The first kappa shape index (κ1) is 15.9. The molecule has 2 rings (SSSR count). The molecule has 1 aromatic heterocycles. The number of nitrogens with zero attached hydrogens (tertiary/aromatic N) is 2. The molecule has 5 nitrogen and oxygen atoms in total. The number of carboxylic acid groups (broad SMARTS) is 1. The van der Waals surface area contributed by atoms with Gasteiger partial charge in [-0.05, 0) is 32.1 Å². The van der Waals surface area contributed by atoms with Crippen molar-refractivity contribution in [2.45, 2.75) is 39.5 Å². The Morgan fingerprint density at radius 2 is 2.24 bits per heavy atom. The van der Waals surface area contributed by atoms with Crippen LogP contribution in [0.3, 0.4) is 0 Å². The zero-order chi connectivity index (χ0) is 15.4. The largest absolute Gasteiger partial charge is 0.481 e. The van der Waals surface area contributed by atoms with Crippen molar-refractivity contribution in [1.82, 2.24) is 9.88 Å². The molecule has 0 radical (unpaired) electrons. The highest BCUT2D eigenvalue weighted by atomic mass is 32.1. The van der Waals surface area contributed by atoms with Crippen LogP contribution in [0, 0.1) is 18.8 Å². The van der Waals surface area contributed by atoms with Crippen molar-refractivity contribution in [2.24, 2.45) is 11.8 Å². The minimum absolute atomic E-state index is 0.0692. The summed E-state index contributed by atoms with van der Waals surface area (Å²) in [4.78, 5) is 29.5. The van der Waals surface area contributed by atoms with E-state index in [1.165, 1.54) is 0 Å². The highest BCUT2D eigenvalue weighted by Crippen LogP contribution is 2.22. The smallest absolute Gasteiger partial charge is 0.308 e. The van der Waals surface area contributed by atoms with Crippen molar-refractivity contribution < 1.29 is 14.7 Å². The number of amides is 1. The monoisotopic (exact) mass is 310 g/mol. The van der Waals surface area contributed by atoms with E-state index < -0.39 is 11.9 Å². The van der Waals surface area contributed by atoms with Crippen LogP contribution in [0.2, 0.25) is 0 Å². The van der Waals surface area contributed by atoms with Crippen molar-refractivity contribution in [3.05, 3.63) is 16.1 Å². The quantitative estimate of drug-likeness (QED) is 0.906. The second kappa shape index (κ2) is 7.02. The molecule has 0 aliphatic carbocycles. The van der Waals surface area contributed by atoms with Gasteiger partial charge in [0.1, 0.15) is 0 Å². The third kappa shape index (κ3) is 4.52. The number of piperidine rings is 1. The Labute approximate surface area is 129 Å². The summed E-state index contributed by atoms with van der Waals surface area (Å²) in [7, 11) is 0. The number of carbonyl (C=O) groups excluding carboxylic acids is 1. The maximum absolute atomic E-state index is 12.2. The van der Waals surface area contributed by atoms with Crippen LogP contribution in [0.4, 0.5) is 0 Å². The number of rotatable bonds is 5. The zero-order valence-corrected chi connectivity index (χ0v) is 13.4. The van der Waals surface area contributed by atoms with Crippen molar-refractivity contribution in [1.29, 1.82) is 0 Å². The van der Waals surface area contributed by atoms with E-state index >= 15 is 0 Å². The lowest BCUT2D eigenvalue weighted by Crippen LogP contribution is -2.45. The Bertz CT molecular complexity index is 515. The molecule has 2 atom stereocenters. The van der Waals surface area contributed by atoms with Crippen LogP contribution in [-0.2, 0) is 16.0 Å². The molecular weight excluding hydrogens is 288 g/mol. The summed E-state index contributed by atoms with van der Waals surface area (Å²) in [5, 5.41) is 12.2. The van der Waals surface area contributed by atoms with Crippen molar-refractivity contribution in [3.63, 3.8) is 0 Å². The molecule has 6 heteroatoms. The molecule has 1 N–H and O–H groups in total. The Morgan fingerprint density at radius 1 is 1.48 bits per heavy atom. The Hall–Kier alpha value is -1.43. The van der Waals surface area contributed by atoms with E-state index in [1.807, 2.05) is 19.2 Å². The maximum atomic E-state index is 12.2. The number of carbonyl (C=O) groups is 2. The predicted molar refractivity (Wildman–Crippen MR) is 81.3 cm³/mol. The number of likely N-dealkylation sites (tertiary alicyclic amines) is 1. The van der Waals surface area contributed by atoms with E-state index in [2.05, 4.69) is 4.98 Å². The molecule has 2 heterocycles. The lowest BCUT2D eigenvalue weighted by atomic mass is 9.90. The van der Waals surface area contributed by atoms with Crippen LogP contribution < -0.4 is 0 Å². The van der Waals surface area contributed by atoms with Crippen LogP contribution >= 0.6 is 11.3 Å². The normalized spacial score (nSPS) is 22.3. The predicted octanol–water partition coefficient (Wildman–Crippen LogP) is 2.34. The Balaban J connectivity index is 1.80. The molecular formula is C15H22N2O3S. The van der Waals surface area contributed by atoms with Gasteiger partial charge in [0.15, 0.2) is 0 Å². The SMILES string of the molecule is Cc1nc(CCCC(=O)N2CC(C)CC(C(=O)O)C2)cs1. The van der Waals surface area contributed by atoms with E-state index in [4.69, 9.17) is 5.11 Å². The van der Waals surface area contributed by atoms with Gasteiger partial charge in [-0.3, -0.25) is 9.59 Å². The molecule has 1 saturated heterocycles. The fraction of sp³-hybridized carbons (Fsp3) is 0.667. The van der Waals surface area contributed by atoms with Gasteiger partial charge in [-0.15, -0.1) is 11.3 Å². The summed E-state index contributed by atoms with van der Waals surface area (Å²) in [5.41, 5.74) is 1.04. The minimum atomic E-state index is -0.794. The van der Waals surface area contributed by atoms with Crippen molar-refractivity contribution in [3.8, 4) is 0 Å². The fourth-order valence-corrected chi connectivity index (χ4v) is 3.48. The summed E-state index contributed by atoms with van der Waals surface area (Å²) in [6.45, 7) is 5.01. The number of aliphatic carboxylic acids is 1. The van der Waals surface area contributed by atoms with Crippen LogP contribution in [0.25, 0.3) is 0 Å². The van der Waals surface area contributed by atoms with Gasteiger partial charge in [0.2, 0.25) is 5.91 Å². The van der Waals surface area contributed by atoms with Gasteiger partial charge < -0.3 is 10.0 Å². The number of hydrogen-bond acceptors (Lipinski definition) is 4. The molecule has 21 heavy (non-hydrogen) atoms. The van der Waals surface area contributed by atoms with Gasteiger partial charge in [-0.25, -0.2) is 4.98 Å². The van der Waals surface area contributed by atoms with Gasteiger partial charge in [-0.2, -0.15) is 0 Å². The van der Waals surface area contributed by atoms with E-state index in [0.717, 1.165) is 23.5 Å². The molecule has 0 saturated carbocycles. The zero-order valence-electron chi connectivity index (χ0n) is 12.5. The molecule has 116 valence electrons. The van der Waals surface area contributed by atoms with Gasteiger partial charge in [0.25, 0.3) is 0 Å². The van der Waals surface area contributed by atoms with E-state index in [-0.39, 0.29) is 11.8 Å². The van der Waals surface area contributed by atoms with Gasteiger partial charge in [0, 0.05) is 24.9 Å². The van der Waals surface area contributed by atoms with E-state index in [9.17, 15) is 9.59 Å². The molecule has 1 aromatic rings. The van der Waals surface area contributed by atoms with Crippen LogP contribution in [-0.4, -0.2) is 40.0 Å². The lowest BCUT2D eigenvalue weighted by Gasteiger charge is -2.34. The maximum Gasteiger partial charge on any atom is 0.308 e. The van der Waals surface area contributed by atoms with E-state index in [0.29, 0.717) is 25.9 Å². The van der Waals surface area contributed by atoms with Crippen LogP contribution in [0.1, 0.15) is 36.9 Å². The molecule has 0 aromatic carbocycles. The fourth-order valence-electron chi connectivity index (χ4n) is 2.84. The summed E-state index contributed by atoms with van der Waals surface area (Å²) in [6.07, 6.45) is 2.71. The summed E-state index contributed by atoms with van der Waals surface area (Å²) < 4.78 is 0. The molecule has 0 spiro atoms. The first-order valence-electron chi connectivity index (χ1n) is 7.37. The molecule has 1 fully saturated rings. The molecule has 1 aliphatic heterocycles. The van der Waals surface area contributed by atoms with Gasteiger partial charge in [0.05, 0.1) is 16.6 Å². The lowest BCUT2D eigenvalue weighted by molar-refractivity contribution is -0.146. The third-order valence-corrected chi connectivity index (χ3v) is 4.67. The number of hydrogen-bond donors (Lipinski definition) is 1. The van der Waals surface area contributed by atoms with Crippen molar-refractivity contribution >= 4 is 23.2 Å². The van der Waals surface area contributed by atoms with Crippen molar-refractivity contribution in [2.75, 3.05) is 13.1 Å². The summed E-state index contributed by atoms with van der Waals surface area (Å²) in [6, 6.07) is 0. The van der Waals surface area contributed by atoms with Crippen LogP contribution in [0.5, 0.6) is 0 Å². The average molecular weight is 310 g/mol. The molecule has 2 unspecified atom stereocenters. The van der Waals surface area contributed by atoms with Gasteiger partial charge >= 0.3 is 5.97 Å². The second-order valence-corrected chi connectivity index (χ2v) is 6.95. The molecule has 1 aliphatic rings. The molecule has 1 amide bonds. The van der Waals surface area contributed by atoms with E-state index in [1.54, 1.807) is 16.2 Å². The Kier molecular flexibility index (Phi) is 5.33. The number of thiazole rings is 1. The summed E-state index contributed by atoms with van der Waals surface area (Å²) in [5.74, 6) is -0.888. The Morgan fingerprint density at radius 3 is 2.86 bits per heavy atom. The third-order valence-electron chi connectivity index (χ3n) is 3.85. The average Bonchev–Trinajstić information content (AvgIpc) is 2.83. The number of carboxylic acids is 1. The standard InChI is InChI=1S/C15H22N2O3S/c1-10-6-12(15(19)20)8-17(7-10)14(18)5-3-4-13-9-21-11(2)16-13/h9-10,12H,3-8H2,1-2H3,(H,19,20). The minimum Gasteiger partial charge on any atom is -0.481 e. The van der Waals surface area contributed by atoms with Crippen LogP contribution in [0.15, 0.2) is 5.38 Å². The molecule has 0 bridgehead atoms. The second-order valence-electron chi connectivity index (χ2n) is 5.89. The summed E-state index contributed by atoms with van der Waals surface area (Å²) >= 11 is 1.62.